The Kier molecular flexibility index (Phi) is 6.49. The number of aromatic carboxylic acids is 1. The van der Waals surface area contributed by atoms with Gasteiger partial charge < -0.3 is 9.84 Å². The van der Waals surface area contributed by atoms with Crippen LogP contribution >= 0.6 is 12.2 Å². The van der Waals surface area contributed by atoms with Crippen LogP contribution in [-0.2, 0) is 16.2 Å². The molecule has 1 saturated heterocycles. The van der Waals surface area contributed by atoms with Crippen LogP contribution in [0.4, 0.5) is 5.69 Å². The van der Waals surface area contributed by atoms with Crippen LogP contribution in [0.5, 0.6) is 5.75 Å². The minimum atomic E-state index is -1.14. The Labute approximate surface area is 217 Å². The van der Waals surface area contributed by atoms with Gasteiger partial charge in [0.05, 0.1) is 11.3 Å². The number of hydrogen-bond donors (Lipinski definition) is 2. The zero-order valence-corrected chi connectivity index (χ0v) is 20.2. The lowest BCUT2D eigenvalue weighted by Crippen LogP contribution is -2.54. The smallest absolute Gasteiger partial charge is 0.335 e. The van der Waals surface area contributed by atoms with E-state index in [1.165, 1.54) is 24.3 Å². The van der Waals surface area contributed by atoms with Crippen molar-refractivity contribution in [2.24, 2.45) is 0 Å². The van der Waals surface area contributed by atoms with Crippen LogP contribution in [0.3, 0.4) is 0 Å². The van der Waals surface area contributed by atoms with Gasteiger partial charge in [-0.1, -0.05) is 66.7 Å². The summed E-state index contributed by atoms with van der Waals surface area (Å²) >= 11 is 5.22. The Morgan fingerprint density at radius 1 is 0.946 bits per heavy atom. The Hall–Kier alpha value is -4.82. The highest BCUT2D eigenvalue weighted by molar-refractivity contribution is 7.80. The SMILES string of the molecule is O=C1NC(=S)N(c2cccc(C(=O)O)c2)C(=O)C1=Cc1ccccc1OCc1cccc2ccccc12. The molecular formula is C29H20N2O5S. The van der Waals surface area contributed by atoms with E-state index in [4.69, 9.17) is 17.0 Å². The number of ether oxygens (including phenoxy) is 1. The van der Waals surface area contributed by atoms with Crippen LogP contribution in [0.1, 0.15) is 21.5 Å². The maximum atomic E-state index is 13.4. The van der Waals surface area contributed by atoms with Gasteiger partial charge in [-0.05, 0) is 58.9 Å². The zero-order valence-electron chi connectivity index (χ0n) is 19.4. The topological polar surface area (TPSA) is 95.9 Å². The number of hydrogen-bond acceptors (Lipinski definition) is 5. The second-order valence-corrected chi connectivity index (χ2v) is 8.66. The van der Waals surface area contributed by atoms with E-state index in [0.717, 1.165) is 21.2 Å². The molecule has 0 unspecified atom stereocenters. The van der Waals surface area contributed by atoms with Crippen LogP contribution in [-0.4, -0.2) is 28.0 Å². The summed E-state index contributed by atoms with van der Waals surface area (Å²) in [5.41, 5.74) is 1.61. The summed E-state index contributed by atoms with van der Waals surface area (Å²) in [7, 11) is 0. The molecule has 1 fully saturated rings. The number of para-hydroxylation sites is 1. The van der Waals surface area contributed by atoms with Crippen LogP contribution in [0, 0.1) is 0 Å². The summed E-state index contributed by atoms with van der Waals surface area (Å²) in [6.07, 6.45) is 1.45. The average molecular weight is 509 g/mol. The van der Waals surface area contributed by atoms with E-state index in [9.17, 15) is 19.5 Å². The van der Waals surface area contributed by atoms with E-state index in [0.29, 0.717) is 17.9 Å². The summed E-state index contributed by atoms with van der Waals surface area (Å²) in [6, 6.07) is 26.9. The summed E-state index contributed by atoms with van der Waals surface area (Å²) in [4.78, 5) is 38.7. The fraction of sp³-hybridized carbons (Fsp3) is 0.0345. The number of anilines is 1. The quantitative estimate of drug-likeness (QED) is 0.217. The van der Waals surface area contributed by atoms with Crippen LogP contribution < -0.4 is 15.0 Å². The van der Waals surface area contributed by atoms with Gasteiger partial charge in [0, 0.05) is 5.56 Å². The molecule has 7 nitrogen and oxygen atoms in total. The number of nitrogens with zero attached hydrogens (tertiary/aromatic N) is 1. The van der Waals surface area contributed by atoms with Gasteiger partial charge in [-0.15, -0.1) is 0 Å². The van der Waals surface area contributed by atoms with Crippen molar-refractivity contribution in [2.75, 3.05) is 4.90 Å². The minimum absolute atomic E-state index is 0.0114. The average Bonchev–Trinajstić information content (AvgIpc) is 2.90. The maximum absolute atomic E-state index is 13.4. The third kappa shape index (κ3) is 4.82. The number of carboxylic acid groups (broad SMARTS) is 1. The van der Waals surface area contributed by atoms with E-state index in [-0.39, 0.29) is 21.9 Å². The maximum Gasteiger partial charge on any atom is 0.335 e. The Morgan fingerprint density at radius 2 is 1.68 bits per heavy atom. The molecule has 1 aliphatic rings. The molecule has 5 rings (SSSR count). The normalized spacial score (nSPS) is 14.6. The van der Waals surface area contributed by atoms with Gasteiger partial charge in [-0.25, -0.2) is 4.79 Å². The fourth-order valence-electron chi connectivity index (χ4n) is 4.13. The van der Waals surface area contributed by atoms with Gasteiger partial charge in [-0.3, -0.25) is 19.8 Å². The lowest BCUT2D eigenvalue weighted by atomic mass is 10.0. The van der Waals surface area contributed by atoms with Crippen molar-refractivity contribution >= 4 is 57.6 Å². The highest BCUT2D eigenvalue weighted by Gasteiger charge is 2.35. The fourth-order valence-corrected chi connectivity index (χ4v) is 4.41. The Bertz CT molecular complexity index is 1610. The third-order valence-electron chi connectivity index (χ3n) is 5.93. The monoisotopic (exact) mass is 508 g/mol. The molecule has 0 bridgehead atoms. The first-order chi connectivity index (χ1) is 17.9. The molecule has 37 heavy (non-hydrogen) atoms. The number of thiocarbonyl (C=S) groups is 1. The lowest BCUT2D eigenvalue weighted by Gasteiger charge is -2.29. The predicted molar refractivity (Wildman–Crippen MR) is 144 cm³/mol. The van der Waals surface area contributed by atoms with Crippen molar-refractivity contribution in [3.05, 3.63) is 113 Å². The Morgan fingerprint density at radius 3 is 2.51 bits per heavy atom. The molecule has 0 aliphatic carbocycles. The first-order valence-corrected chi connectivity index (χ1v) is 11.8. The summed E-state index contributed by atoms with van der Waals surface area (Å²) in [6.45, 7) is 0.292. The summed E-state index contributed by atoms with van der Waals surface area (Å²) < 4.78 is 6.13. The second kappa shape index (κ2) is 10.0. The number of carbonyl (C=O) groups excluding carboxylic acids is 2. The van der Waals surface area contributed by atoms with Crippen LogP contribution in [0.25, 0.3) is 16.8 Å². The lowest BCUT2D eigenvalue weighted by molar-refractivity contribution is -0.122. The van der Waals surface area contributed by atoms with Crippen molar-refractivity contribution in [1.82, 2.24) is 5.32 Å². The van der Waals surface area contributed by atoms with Gasteiger partial charge in [0.25, 0.3) is 11.8 Å². The Balaban J connectivity index is 1.46. The molecule has 1 aliphatic heterocycles. The number of carbonyl (C=O) groups is 3. The molecule has 182 valence electrons. The highest BCUT2D eigenvalue weighted by Crippen LogP contribution is 2.27. The number of carboxylic acids is 1. The van der Waals surface area contributed by atoms with E-state index in [2.05, 4.69) is 5.32 Å². The molecule has 4 aromatic rings. The molecule has 0 saturated carbocycles. The second-order valence-electron chi connectivity index (χ2n) is 8.28. The van der Waals surface area contributed by atoms with E-state index >= 15 is 0 Å². The molecule has 4 aromatic carbocycles. The number of benzene rings is 4. The van der Waals surface area contributed by atoms with Crippen molar-refractivity contribution in [1.29, 1.82) is 0 Å². The first-order valence-electron chi connectivity index (χ1n) is 11.4. The van der Waals surface area contributed by atoms with Gasteiger partial charge in [0.1, 0.15) is 17.9 Å². The van der Waals surface area contributed by atoms with Crippen molar-refractivity contribution in [3.63, 3.8) is 0 Å². The molecule has 2 N–H and O–H groups in total. The largest absolute Gasteiger partial charge is 0.488 e. The van der Waals surface area contributed by atoms with E-state index in [1.54, 1.807) is 24.3 Å². The third-order valence-corrected chi connectivity index (χ3v) is 6.22. The summed E-state index contributed by atoms with van der Waals surface area (Å²) in [5, 5.41) is 13.9. The first kappa shape index (κ1) is 23.9. The van der Waals surface area contributed by atoms with Crippen molar-refractivity contribution < 1.29 is 24.2 Å². The molecule has 0 radical (unpaired) electrons. The van der Waals surface area contributed by atoms with Crippen molar-refractivity contribution in [3.8, 4) is 5.75 Å². The molecule has 1 heterocycles. The standard InChI is InChI=1S/C29H20N2O5S/c32-26-24(27(33)31(29(37)30-26)22-12-6-10-20(15-22)28(34)35)16-19-8-2-4-14-25(19)36-17-21-11-5-9-18-7-1-3-13-23(18)21/h1-16H,17H2,(H,34,35)(H,30,32,37). The molecule has 2 amide bonds. The molecule has 0 spiro atoms. The molecular weight excluding hydrogens is 488 g/mol. The highest BCUT2D eigenvalue weighted by atomic mass is 32.1. The van der Waals surface area contributed by atoms with Gasteiger partial charge >= 0.3 is 5.97 Å². The van der Waals surface area contributed by atoms with E-state index in [1.807, 2.05) is 48.5 Å². The number of nitrogens with one attached hydrogen (secondary N) is 1. The number of fused-ring (bicyclic) bond motifs is 1. The van der Waals surface area contributed by atoms with Gasteiger partial charge in [-0.2, -0.15) is 0 Å². The number of rotatable bonds is 6. The van der Waals surface area contributed by atoms with Crippen molar-refractivity contribution in [2.45, 2.75) is 6.61 Å². The van der Waals surface area contributed by atoms with Crippen LogP contribution in [0.2, 0.25) is 0 Å². The van der Waals surface area contributed by atoms with Gasteiger partial charge in [0.15, 0.2) is 5.11 Å². The van der Waals surface area contributed by atoms with Crippen LogP contribution in [0.15, 0.2) is 96.6 Å². The minimum Gasteiger partial charge on any atom is -0.488 e. The summed E-state index contributed by atoms with van der Waals surface area (Å²) in [5.74, 6) is -1.96. The van der Waals surface area contributed by atoms with Gasteiger partial charge in [0.2, 0.25) is 0 Å². The molecule has 0 aromatic heterocycles. The molecule has 8 heteroatoms. The zero-order chi connectivity index (χ0) is 25.9. The number of amides is 2. The van der Waals surface area contributed by atoms with E-state index < -0.39 is 17.8 Å². The molecule has 0 atom stereocenters. The predicted octanol–water partition coefficient (Wildman–Crippen LogP) is 4.95.